The molecule has 448 valence electrons. The minimum absolute atomic E-state index is 0.0374. The number of hydrogen-bond donors (Lipinski definition) is 7. The van der Waals surface area contributed by atoms with Crippen LogP contribution in [0.2, 0.25) is 0 Å². The minimum atomic E-state index is -1.03. The van der Waals surface area contributed by atoms with Gasteiger partial charge in [-0.25, -0.2) is 9.59 Å². The lowest BCUT2D eigenvalue weighted by Crippen LogP contribution is -2.60. The third-order valence-corrected chi connectivity index (χ3v) is 15.3. The van der Waals surface area contributed by atoms with Gasteiger partial charge in [0, 0.05) is 53.1 Å². The zero-order valence-electron chi connectivity index (χ0n) is 50.3. The zero-order valence-corrected chi connectivity index (χ0v) is 50.3. The minimum Gasteiger partial charge on any atom is -0.445 e. The van der Waals surface area contributed by atoms with Crippen LogP contribution in [0.5, 0.6) is 0 Å². The van der Waals surface area contributed by atoms with E-state index in [0.717, 1.165) is 12.0 Å². The molecule has 3 rings (SSSR count). The van der Waals surface area contributed by atoms with E-state index in [0.29, 0.717) is 43.5 Å². The van der Waals surface area contributed by atoms with Crippen molar-refractivity contribution in [3.8, 4) is 0 Å². The molecule has 11 atom stereocenters. The Labute approximate surface area is 475 Å². The summed E-state index contributed by atoms with van der Waals surface area (Å²) in [6.07, 6.45) is 1.23. The smallest absolute Gasteiger partial charge is 0.410 e. The van der Waals surface area contributed by atoms with Crippen LogP contribution in [0.3, 0.4) is 0 Å². The van der Waals surface area contributed by atoms with Gasteiger partial charge in [0.25, 0.3) is 0 Å². The first-order valence-corrected chi connectivity index (χ1v) is 28.4. The molecule has 0 aliphatic carbocycles. The number of carbonyl (C=O) groups excluding carboxylic acids is 8. The van der Waals surface area contributed by atoms with Crippen molar-refractivity contribution in [3.63, 3.8) is 0 Å². The fraction of sp³-hybridized carbons (Fsp3) is 0.661. The van der Waals surface area contributed by atoms with Crippen LogP contribution in [0.1, 0.15) is 119 Å². The summed E-state index contributed by atoms with van der Waals surface area (Å²) in [5.41, 5.74) is 7.32. The Morgan fingerprint density at radius 1 is 0.738 bits per heavy atom. The van der Waals surface area contributed by atoms with E-state index in [1.54, 1.807) is 69.1 Å². The largest absolute Gasteiger partial charge is 0.445 e. The lowest BCUT2D eigenvalue weighted by molar-refractivity contribution is -0.148. The molecule has 2 aromatic rings. The lowest BCUT2D eigenvalue weighted by Gasteiger charge is -2.41. The van der Waals surface area contributed by atoms with Crippen LogP contribution in [-0.2, 0) is 56.0 Å². The first kappa shape index (κ1) is 68.0. The van der Waals surface area contributed by atoms with E-state index in [9.17, 15) is 38.4 Å². The third kappa shape index (κ3) is 20.0. The molecule has 0 bridgehead atoms. The van der Waals surface area contributed by atoms with E-state index >= 15 is 0 Å². The standard InChI is InChI=1S/C59H96N10O11/c1-16-38(8)51(46(78-14)33-47(70)69-31-21-25-45(69)52(79-15)40(10)53(71)63-39(9)32-41-22-18-17-19-23-41)67(12)57(75)49(36(4)5)66-56(74)50(37(6)7)68(13)59(77)80-34-42-26-28-43(29-27-42)64-54(72)44(24-20-30-62-58(60)76)65-55(73)48(61-11)35(2)3/h17-19,22-23,26-29,35-40,44-46,48-52,61H,16,20-21,24-25,30-34H2,1-15H3,(H,63,71)(H,64,72)(H,65,73)(H,66,74)(H3,60,62,76)/t38-,39+,40+,44-,45-,46+,48-,49-,50-,51-,52+/m0/s1. The summed E-state index contributed by atoms with van der Waals surface area (Å²) in [7, 11) is 7.89. The predicted octanol–water partition coefficient (Wildman–Crippen LogP) is 5.20. The van der Waals surface area contributed by atoms with Gasteiger partial charge in [-0.2, -0.15) is 0 Å². The van der Waals surface area contributed by atoms with Crippen LogP contribution in [-0.4, -0.2) is 165 Å². The van der Waals surface area contributed by atoms with Crippen molar-refractivity contribution < 1.29 is 52.6 Å². The maximum Gasteiger partial charge on any atom is 0.410 e. The highest BCUT2D eigenvalue weighted by molar-refractivity contribution is 5.98. The molecule has 1 aliphatic rings. The summed E-state index contributed by atoms with van der Waals surface area (Å²) < 4.78 is 17.8. The van der Waals surface area contributed by atoms with Crippen molar-refractivity contribution in [3.05, 3.63) is 65.7 Å². The molecule has 80 heavy (non-hydrogen) atoms. The van der Waals surface area contributed by atoms with Crippen LogP contribution in [0.25, 0.3) is 0 Å². The van der Waals surface area contributed by atoms with Gasteiger partial charge in [0.1, 0.15) is 24.7 Å². The average molecular weight is 1120 g/mol. The third-order valence-electron chi connectivity index (χ3n) is 15.3. The quantitative estimate of drug-likeness (QED) is 0.0466. The zero-order chi connectivity index (χ0) is 60.0. The normalized spacial score (nSPS) is 17.2. The Kier molecular flexibility index (Phi) is 28.4. The van der Waals surface area contributed by atoms with Crippen molar-refractivity contribution >= 4 is 53.3 Å². The Balaban J connectivity index is 1.70. The molecule has 1 aliphatic heterocycles. The van der Waals surface area contributed by atoms with Gasteiger partial charge in [0.2, 0.25) is 35.4 Å². The van der Waals surface area contributed by atoms with Crippen LogP contribution < -0.4 is 37.6 Å². The van der Waals surface area contributed by atoms with E-state index in [-0.39, 0.29) is 79.5 Å². The molecule has 0 radical (unpaired) electrons. The van der Waals surface area contributed by atoms with Gasteiger partial charge >= 0.3 is 12.1 Å². The molecule has 8 N–H and O–H groups in total. The van der Waals surface area contributed by atoms with Gasteiger partial charge in [0.15, 0.2) is 0 Å². The molecule has 1 heterocycles. The Bertz CT molecular complexity index is 2300. The molecule has 1 saturated heterocycles. The van der Waals surface area contributed by atoms with E-state index in [2.05, 4.69) is 31.9 Å². The maximum atomic E-state index is 14.7. The maximum absolute atomic E-state index is 14.7. The van der Waals surface area contributed by atoms with Gasteiger partial charge in [-0.1, -0.05) is 111 Å². The molecular formula is C59H96N10O11. The highest BCUT2D eigenvalue weighted by atomic mass is 16.6. The number of carbonyl (C=O) groups is 8. The summed E-state index contributed by atoms with van der Waals surface area (Å²) in [6, 6.07) is 11.3. The van der Waals surface area contributed by atoms with Crippen LogP contribution >= 0.6 is 0 Å². The van der Waals surface area contributed by atoms with Gasteiger partial charge in [-0.15, -0.1) is 0 Å². The number of likely N-dealkylation sites (N-methyl/N-ethyl adjacent to an activating group) is 3. The Morgan fingerprint density at radius 2 is 1.38 bits per heavy atom. The van der Waals surface area contributed by atoms with Crippen molar-refractivity contribution in [1.82, 2.24) is 41.3 Å². The molecule has 9 amide bonds. The van der Waals surface area contributed by atoms with E-state index in [4.69, 9.17) is 19.9 Å². The van der Waals surface area contributed by atoms with Gasteiger partial charge in [-0.3, -0.25) is 33.7 Å². The van der Waals surface area contributed by atoms with Crippen LogP contribution in [0.15, 0.2) is 54.6 Å². The molecule has 1 fully saturated rings. The molecule has 21 nitrogen and oxygen atoms in total. The molecule has 0 spiro atoms. The van der Waals surface area contributed by atoms with E-state index in [1.165, 1.54) is 19.1 Å². The number of methoxy groups -OCH3 is 2. The summed E-state index contributed by atoms with van der Waals surface area (Å²) in [4.78, 5) is 113. The van der Waals surface area contributed by atoms with Crippen molar-refractivity contribution in [2.45, 2.75) is 175 Å². The van der Waals surface area contributed by atoms with Gasteiger partial charge in [0.05, 0.1) is 42.7 Å². The first-order valence-electron chi connectivity index (χ1n) is 28.4. The van der Waals surface area contributed by atoms with E-state index in [1.807, 2.05) is 85.7 Å². The molecule has 21 heteroatoms. The molecule has 2 aromatic carbocycles. The number of ether oxygens (including phenoxy) is 3. The number of rotatable bonds is 32. The molecule has 0 saturated carbocycles. The Morgan fingerprint density at radius 3 is 1.93 bits per heavy atom. The number of primary amides is 1. The second kappa shape index (κ2) is 33.4. The summed E-state index contributed by atoms with van der Waals surface area (Å²) >= 11 is 0. The molecule has 0 unspecified atom stereocenters. The second-order valence-electron chi connectivity index (χ2n) is 22.5. The number of nitrogens with one attached hydrogen (secondary N) is 6. The predicted molar refractivity (Wildman–Crippen MR) is 309 cm³/mol. The average Bonchev–Trinajstić information content (AvgIpc) is 3.90. The topological polar surface area (TPSA) is 272 Å². The number of benzene rings is 2. The van der Waals surface area contributed by atoms with Crippen LogP contribution in [0, 0.1) is 29.6 Å². The number of hydrogen-bond acceptors (Lipinski definition) is 12. The highest BCUT2D eigenvalue weighted by Gasteiger charge is 2.44. The van der Waals surface area contributed by atoms with Crippen molar-refractivity contribution in [1.29, 1.82) is 0 Å². The Hall–Kier alpha value is -6.32. The van der Waals surface area contributed by atoms with Crippen molar-refractivity contribution in [2.24, 2.45) is 35.3 Å². The summed E-state index contributed by atoms with van der Waals surface area (Å²) in [5, 5.41) is 17.2. The van der Waals surface area contributed by atoms with Gasteiger partial charge < -0.3 is 61.6 Å². The number of anilines is 1. The van der Waals surface area contributed by atoms with Crippen molar-refractivity contribution in [2.75, 3.05) is 53.8 Å². The fourth-order valence-corrected chi connectivity index (χ4v) is 10.7. The first-order chi connectivity index (χ1) is 37.8. The number of likely N-dealkylation sites (tertiary alicyclic amines) is 1. The summed E-state index contributed by atoms with van der Waals surface area (Å²) in [6.45, 7) is 19.3. The number of nitrogens with two attached hydrogens (primary N) is 1. The van der Waals surface area contributed by atoms with Gasteiger partial charge in [-0.05, 0) is 93.0 Å². The molecule has 0 aromatic heterocycles. The number of amides is 9. The fourth-order valence-electron chi connectivity index (χ4n) is 10.7. The number of urea groups is 1. The highest BCUT2D eigenvalue weighted by Crippen LogP contribution is 2.30. The number of nitrogens with zero attached hydrogens (tertiary/aromatic N) is 3. The SMILES string of the molecule is CC[C@H](C)[C@@H]([C@@H](CC(=O)N1CCC[C@H]1[C@H](OC)[C@@H](C)C(=O)N[C@H](C)Cc1ccccc1)OC)N(C)C(=O)[C@@H](NC(=O)[C@H](C(C)C)N(C)C(=O)OCc1ccc(NC(=O)[C@H](CCCNC(N)=O)NC(=O)[C@@H](NC)C(C)C)cc1)C(C)C. The van der Waals surface area contributed by atoms with Crippen LogP contribution in [0.4, 0.5) is 15.3 Å². The van der Waals surface area contributed by atoms with E-state index < -0.39 is 78.2 Å². The second-order valence-corrected chi connectivity index (χ2v) is 22.5. The molecular weight excluding hydrogens is 1020 g/mol. The monoisotopic (exact) mass is 1120 g/mol. The summed E-state index contributed by atoms with van der Waals surface area (Å²) in [5.74, 6) is -3.57. The lowest BCUT2D eigenvalue weighted by atomic mass is 9.89.